The molecule has 0 radical (unpaired) electrons. The second-order valence-electron chi connectivity index (χ2n) is 4.20. The number of Topliss-reactive ketones (excluding diaryl/α,β-unsaturated/α-hetero) is 1. The maximum absolute atomic E-state index is 11.5. The Morgan fingerprint density at radius 3 is 2.62 bits per heavy atom. The van der Waals surface area contributed by atoms with Gasteiger partial charge in [0.05, 0.1) is 5.75 Å². The molecule has 2 bridgehead atoms. The van der Waals surface area contributed by atoms with Crippen molar-refractivity contribution in [3.63, 3.8) is 0 Å². The maximum Gasteiger partial charge on any atom is 0.233 e. The summed E-state index contributed by atoms with van der Waals surface area (Å²) in [6.07, 6.45) is 2.99. The van der Waals surface area contributed by atoms with Gasteiger partial charge in [0.25, 0.3) is 0 Å². The fourth-order valence-electron chi connectivity index (χ4n) is 2.68. The summed E-state index contributed by atoms with van der Waals surface area (Å²) in [4.78, 5) is 11.5. The molecule has 2 rings (SSSR count). The summed E-state index contributed by atoms with van der Waals surface area (Å²) in [6.45, 7) is 0. The molecule has 5 heteroatoms. The Morgan fingerprint density at radius 1 is 1.54 bits per heavy atom. The number of hydrogen-bond acceptors (Lipinski definition) is 3. The second kappa shape index (κ2) is 2.70. The molecule has 0 unspecified atom stereocenters. The monoisotopic (exact) mass is 222 g/mol. The molecule has 0 aliphatic heterocycles. The van der Waals surface area contributed by atoms with Crippen LogP contribution in [0.2, 0.25) is 0 Å². The molecule has 3 nitrogen and oxygen atoms in total. The van der Waals surface area contributed by atoms with Crippen LogP contribution in [0.4, 0.5) is 0 Å². The first-order valence-corrected chi connectivity index (χ1v) is 6.85. The fourth-order valence-corrected chi connectivity index (χ4v) is 4.39. The van der Waals surface area contributed by atoms with Gasteiger partial charge >= 0.3 is 0 Å². The highest BCUT2D eigenvalue weighted by atomic mass is 35.7. The minimum atomic E-state index is -3.53. The number of rotatable bonds is 2. The summed E-state index contributed by atoms with van der Waals surface area (Å²) >= 11 is 0. The summed E-state index contributed by atoms with van der Waals surface area (Å²) < 4.78 is 21.9. The van der Waals surface area contributed by atoms with Gasteiger partial charge < -0.3 is 0 Å². The Hall–Kier alpha value is -0.0900. The van der Waals surface area contributed by atoms with Crippen LogP contribution >= 0.6 is 10.7 Å². The maximum atomic E-state index is 11.5. The fraction of sp³-hybridized carbons (Fsp3) is 0.875. The average molecular weight is 223 g/mol. The summed E-state index contributed by atoms with van der Waals surface area (Å²) in [5.41, 5.74) is -0.606. The van der Waals surface area contributed by atoms with Crippen molar-refractivity contribution in [2.24, 2.45) is 11.3 Å². The van der Waals surface area contributed by atoms with Crippen molar-refractivity contribution in [2.45, 2.75) is 25.7 Å². The Kier molecular flexibility index (Phi) is 1.97. The van der Waals surface area contributed by atoms with Gasteiger partial charge in [-0.3, -0.25) is 4.79 Å². The molecule has 2 atom stereocenters. The third-order valence-electron chi connectivity index (χ3n) is 3.22. The van der Waals surface area contributed by atoms with E-state index in [9.17, 15) is 13.2 Å². The molecular formula is C8H11ClO3S. The Morgan fingerprint density at radius 2 is 2.23 bits per heavy atom. The van der Waals surface area contributed by atoms with E-state index < -0.39 is 14.5 Å². The van der Waals surface area contributed by atoms with Gasteiger partial charge in [-0.05, 0) is 25.2 Å². The van der Waals surface area contributed by atoms with Gasteiger partial charge in [0.1, 0.15) is 5.78 Å². The minimum Gasteiger partial charge on any atom is -0.299 e. The van der Waals surface area contributed by atoms with Crippen molar-refractivity contribution < 1.29 is 13.2 Å². The van der Waals surface area contributed by atoms with E-state index in [1.165, 1.54) is 0 Å². The molecular weight excluding hydrogens is 212 g/mol. The highest BCUT2D eigenvalue weighted by Gasteiger charge is 2.53. The zero-order valence-electron chi connectivity index (χ0n) is 7.12. The lowest BCUT2D eigenvalue weighted by molar-refractivity contribution is -0.125. The molecule has 0 aromatic heterocycles. The summed E-state index contributed by atoms with van der Waals surface area (Å²) in [5, 5.41) is 0. The van der Waals surface area contributed by atoms with Gasteiger partial charge in [-0.15, -0.1) is 0 Å². The number of hydrogen-bond donors (Lipinski definition) is 0. The lowest BCUT2D eigenvalue weighted by Gasteiger charge is -2.22. The molecule has 13 heavy (non-hydrogen) atoms. The summed E-state index contributed by atoms with van der Waals surface area (Å²) in [6, 6.07) is 0. The van der Waals surface area contributed by atoms with Crippen molar-refractivity contribution >= 4 is 25.5 Å². The molecule has 2 aliphatic carbocycles. The third kappa shape index (κ3) is 1.62. The van der Waals surface area contributed by atoms with Crippen LogP contribution in [-0.4, -0.2) is 20.0 Å². The third-order valence-corrected chi connectivity index (χ3v) is 4.45. The van der Waals surface area contributed by atoms with Gasteiger partial charge in [0.2, 0.25) is 9.05 Å². The molecule has 0 heterocycles. The molecule has 0 amide bonds. The molecule has 74 valence electrons. The van der Waals surface area contributed by atoms with Crippen LogP contribution in [0.5, 0.6) is 0 Å². The van der Waals surface area contributed by atoms with Gasteiger partial charge in [-0.25, -0.2) is 8.42 Å². The Balaban J connectivity index is 2.25. The molecule has 0 N–H and O–H groups in total. The zero-order chi connectivity index (χ0) is 9.69. The predicted molar refractivity (Wildman–Crippen MR) is 49.0 cm³/mol. The Labute approximate surface area is 81.9 Å². The standard InChI is InChI=1S/C8H11ClO3S/c9-13(11,12)5-8-2-1-6(4-8)3-7(8)10/h6H,1-5H2/t6-,8-/m0/s1. The van der Waals surface area contributed by atoms with Crippen LogP contribution in [-0.2, 0) is 13.8 Å². The number of fused-ring (bicyclic) bond motifs is 2. The predicted octanol–water partition coefficient (Wildman–Crippen LogP) is 1.31. The van der Waals surface area contributed by atoms with Crippen LogP contribution in [0.3, 0.4) is 0 Å². The quantitative estimate of drug-likeness (QED) is 0.662. The molecule has 0 aromatic rings. The van der Waals surface area contributed by atoms with Crippen molar-refractivity contribution in [1.82, 2.24) is 0 Å². The van der Waals surface area contributed by atoms with E-state index in [1.807, 2.05) is 0 Å². The van der Waals surface area contributed by atoms with Crippen molar-refractivity contribution in [1.29, 1.82) is 0 Å². The normalized spacial score (nSPS) is 38.5. The lowest BCUT2D eigenvalue weighted by Crippen LogP contribution is -2.31. The molecule has 0 saturated heterocycles. The first-order chi connectivity index (χ1) is 5.91. The van der Waals surface area contributed by atoms with Crippen molar-refractivity contribution in [2.75, 3.05) is 5.75 Å². The molecule has 0 aromatic carbocycles. The van der Waals surface area contributed by atoms with E-state index in [0.29, 0.717) is 18.8 Å². The van der Waals surface area contributed by atoms with Crippen molar-refractivity contribution in [3.8, 4) is 0 Å². The smallest absolute Gasteiger partial charge is 0.233 e. The van der Waals surface area contributed by atoms with Gasteiger partial charge in [-0.2, -0.15) is 0 Å². The van der Waals surface area contributed by atoms with Crippen molar-refractivity contribution in [3.05, 3.63) is 0 Å². The molecule has 2 saturated carbocycles. The van der Waals surface area contributed by atoms with Gasteiger partial charge in [-0.1, -0.05) is 0 Å². The number of carbonyl (C=O) groups is 1. The lowest BCUT2D eigenvalue weighted by atomic mass is 9.85. The minimum absolute atomic E-state index is 0.105. The Bertz CT molecular complexity index is 348. The summed E-state index contributed by atoms with van der Waals surface area (Å²) in [7, 11) is 1.65. The van der Waals surface area contributed by atoms with Crippen LogP contribution in [0.15, 0.2) is 0 Å². The topological polar surface area (TPSA) is 51.2 Å². The van der Waals surface area contributed by atoms with E-state index in [2.05, 4.69) is 0 Å². The van der Waals surface area contributed by atoms with E-state index in [-0.39, 0.29) is 11.5 Å². The molecule has 2 fully saturated rings. The van der Waals surface area contributed by atoms with E-state index >= 15 is 0 Å². The van der Waals surface area contributed by atoms with E-state index in [0.717, 1.165) is 12.8 Å². The highest BCUT2D eigenvalue weighted by Crippen LogP contribution is 2.52. The first-order valence-electron chi connectivity index (χ1n) is 4.37. The largest absolute Gasteiger partial charge is 0.299 e. The molecule has 0 spiro atoms. The van der Waals surface area contributed by atoms with Crippen LogP contribution < -0.4 is 0 Å². The highest BCUT2D eigenvalue weighted by molar-refractivity contribution is 8.13. The van der Waals surface area contributed by atoms with Crippen LogP contribution in [0.1, 0.15) is 25.7 Å². The number of ketones is 1. The van der Waals surface area contributed by atoms with Gasteiger partial charge in [0.15, 0.2) is 0 Å². The van der Waals surface area contributed by atoms with E-state index in [1.54, 1.807) is 0 Å². The number of carbonyl (C=O) groups excluding carboxylic acids is 1. The van der Waals surface area contributed by atoms with Crippen LogP contribution in [0.25, 0.3) is 0 Å². The van der Waals surface area contributed by atoms with Gasteiger partial charge in [0, 0.05) is 22.5 Å². The second-order valence-corrected chi connectivity index (χ2v) is 6.98. The molecule has 2 aliphatic rings. The van der Waals surface area contributed by atoms with E-state index in [4.69, 9.17) is 10.7 Å². The average Bonchev–Trinajstić information content (AvgIpc) is 2.39. The summed E-state index contributed by atoms with van der Waals surface area (Å²) in [5.74, 6) is 0.371. The SMILES string of the molecule is O=C1C[C@@H]2CC[C@@]1(CS(=O)(=O)Cl)C2. The zero-order valence-corrected chi connectivity index (χ0v) is 8.70. The number of halogens is 1. The first kappa shape index (κ1) is 9.46. The van der Waals surface area contributed by atoms with Crippen LogP contribution in [0, 0.1) is 11.3 Å².